The van der Waals surface area contributed by atoms with Crippen molar-refractivity contribution < 1.29 is 19.5 Å². The predicted octanol–water partition coefficient (Wildman–Crippen LogP) is 1.86. The number of aliphatic carboxylic acids is 1. The van der Waals surface area contributed by atoms with Crippen LogP contribution in [0.5, 0.6) is 0 Å². The standard InChI is InChI=1S/C17H22N2O4S/c1-3-19(4-2)15(21)13-7-5-12(6-8-13)14(20)18-17(16(22)23)9-10-24-11-17/h5-8H,3-4,9-11H2,1-2H3,(H,18,20)(H,22,23). The van der Waals surface area contributed by atoms with Gasteiger partial charge in [-0.3, -0.25) is 9.59 Å². The molecule has 1 atom stereocenters. The smallest absolute Gasteiger partial charge is 0.330 e. The van der Waals surface area contributed by atoms with E-state index >= 15 is 0 Å². The third-order valence-corrected chi connectivity index (χ3v) is 5.42. The monoisotopic (exact) mass is 350 g/mol. The molecule has 130 valence electrons. The predicted molar refractivity (Wildman–Crippen MR) is 93.5 cm³/mol. The molecule has 7 heteroatoms. The van der Waals surface area contributed by atoms with Gasteiger partial charge in [-0.1, -0.05) is 0 Å². The lowest BCUT2D eigenvalue weighted by Crippen LogP contribution is -2.54. The van der Waals surface area contributed by atoms with Crippen LogP contribution in [-0.2, 0) is 4.79 Å². The van der Waals surface area contributed by atoms with Gasteiger partial charge in [-0.15, -0.1) is 0 Å². The number of carbonyl (C=O) groups is 3. The maximum atomic E-state index is 12.4. The second-order valence-corrected chi connectivity index (χ2v) is 6.80. The molecule has 1 aliphatic heterocycles. The van der Waals surface area contributed by atoms with Crippen LogP contribution in [0.3, 0.4) is 0 Å². The van der Waals surface area contributed by atoms with Crippen LogP contribution >= 0.6 is 11.8 Å². The van der Waals surface area contributed by atoms with Crippen LogP contribution in [0.2, 0.25) is 0 Å². The fourth-order valence-electron chi connectivity index (χ4n) is 2.63. The Morgan fingerprint density at radius 3 is 2.21 bits per heavy atom. The molecular formula is C17H22N2O4S. The van der Waals surface area contributed by atoms with Gasteiger partial charge in [0.25, 0.3) is 11.8 Å². The Balaban J connectivity index is 2.11. The van der Waals surface area contributed by atoms with E-state index in [0.29, 0.717) is 42.1 Å². The molecule has 6 nitrogen and oxygen atoms in total. The Bertz CT molecular complexity index is 620. The van der Waals surface area contributed by atoms with E-state index in [1.54, 1.807) is 29.2 Å². The number of benzene rings is 1. The minimum absolute atomic E-state index is 0.0823. The van der Waals surface area contributed by atoms with Crippen LogP contribution in [0.25, 0.3) is 0 Å². The van der Waals surface area contributed by atoms with Gasteiger partial charge in [-0.2, -0.15) is 11.8 Å². The quantitative estimate of drug-likeness (QED) is 0.818. The van der Waals surface area contributed by atoms with Crippen molar-refractivity contribution in [3.8, 4) is 0 Å². The molecule has 1 aromatic rings. The van der Waals surface area contributed by atoms with Gasteiger partial charge in [0.1, 0.15) is 5.54 Å². The summed E-state index contributed by atoms with van der Waals surface area (Å²) in [7, 11) is 0. The van der Waals surface area contributed by atoms with Crippen molar-refractivity contribution in [2.24, 2.45) is 0 Å². The average molecular weight is 350 g/mol. The Morgan fingerprint density at radius 1 is 1.17 bits per heavy atom. The molecule has 2 amide bonds. The van der Waals surface area contributed by atoms with E-state index in [-0.39, 0.29) is 5.91 Å². The van der Waals surface area contributed by atoms with E-state index in [0.717, 1.165) is 0 Å². The van der Waals surface area contributed by atoms with Crippen LogP contribution in [0.4, 0.5) is 0 Å². The third-order valence-electron chi connectivity index (χ3n) is 4.23. The van der Waals surface area contributed by atoms with E-state index in [2.05, 4.69) is 5.32 Å². The molecular weight excluding hydrogens is 328 g/mol. The van der Waals surface area contributed by atoms with Gasteiger partial charge in [-0.25, -0.2) is 4.79 Å². The number of carboxylic acid groups (broad SMARTS) is 1. The molecule has 1 aliphatic rings. The minimum atomic E-state index is -1.20. The highest BCUT2D eigenvalue weighted by Gasteiger charge is 2.43. The molecule has 1 fully saturated rings. The summed E-state index contributed by atoms with van der Waals surface area (Å²) in [4.78, 5) is 37.8. The van der Waals surface area contributed by atoms with Gasteiger partial charge in [0.2, 0.25) is 0 Å². The van der Waals surface area contributed by atoms with E-state index in [1.807, 2.05) is 13.8 Å². The Kier molecular flexibility index (Phi) is 5.88. The van der Waals surface area contributed by atoms with Crippen molar-refractivity contribution in [2.75, 3.05) is 24.6 Å². The molecule has 0 aliphatic carbocycles. The summed E-state index contributed by atoms with van der Waals surface area (Å²) in [5.74, 6) is -0.437. The number of amides is 2. The first kappa shape index (κ1) is 18.3. The molecule has 1 saturated heterocycles. The number of nitrogens with one attached hydrogen (secondary N) is 1. The summed E-state index contributed by atoms with van der Waals surface area (Å²) in [5, 5.41) is 12.1. The van der Waals surface area contributed by atoms with Crippen molar-refractivity contribution in [3.05, 3.63) is 35.4 Å². The van der Waals surface area contributed by atoms with E-state index in [1.165, 1.54) is 11.8 Å². The van der Waals surface area contributed by atoms with E-state index < -0.39 is 17.4 Å². The molecule has 0 spiro atoms. The number of thioether (sulfide) groups is 1. The summed E-state index contributed by atoms with van der Waals surface area (Å²) >= 11 is 1.52. The van der Waals surface area contributed by atoms with Gasteiger partial charge in [0, 0.05) is 30.0 Å². The second kappa shape index (κ2) is 7.70. The first-order valence-corrected chi connectivity index (χ1v) is 9.12. The van der Waals surface area contributed by atoms with Crippen molar-refractivity contribution in [2.45, 2.75) is 25.8 Å². The molecule has 2 N–H and O–H groups in total. The molecule has 1 unspecified atom stereocenters. The Morgan fingerprint density at radius 2 is 1.75 bits per heavy atom. The van der Waals surface area contributed by atoms with Crippen LogP contribution in [0.15, 0.2) is 24.3 Å². The van der Waals surface area contributed by atoms with Gasteiger partial charge >= 0.3 is 5.97 Å². The number of hydrogen-bond donors (Lipinski definition) is 2. The van der Waals surface area contributed by atoms with Gasteiger partial charge < -0.3 is 15.3 Å². The first-order valence-electron chi connectivity index (χ1n) is 7.96. The summed E-state index contributed by atoms with van der Waals surface area (Å²) in [6, 6.07) is 6.33. The van der Waals surface area contributed by atoms with Gasteiger partial charge in [0.05, 0.1) is 0 Å². The zero-order valence-electron chi connectivity index (χ0n) is 13.9. The summed E-state index contributed by atoms with van der Waals surface area (Å²) in [5.41, 5.74) is -0.333. The van der Waals surface area contributed by atoms with Crippen molar-refractivity contribution in [1.29, 1.82) is 0 Å². The minimum Gasteiger partial charge on any atom is -0.479 e. The molecule has 0 radical (unpaired) electrons. The molecule has 1 aromatic carbocycles. The molecule has 0 aromatic heterocycles. The number of hydrogen-bond acceptors (Lipinski definition) is 4. The van der Waals surface area contributed by atoms with E-state index in [4.69, 9.17) is 0 Å². The SMILES string of the molecule is CCN(CC)C(=O)c1ccc(C(=O)NC2(C(=O)O)CCSC2)cc1. The van der Waals surface area contributed by atoms with Crippen LogP contribution < -0.4 is 5.32 Å². The lowest BCUT2D eigenvalue weighted by atomic mass is 9.98. The van der Waals surface area contributed by atoms with Crippen LogP contribution in [0, 0.1) is 0 Å². The van der Waals surface area contributed by atoms with Crippen LogP contribution in [-0.4, -0.2) is 57.9 Å². The van der Waals surface area contributed by atoms with Gasteiger partial charge in [-0.05, 0) is 50.3 Å². The molecule has 1 heterocycles. The Labute approximate surface area is 145 Å². The van der Waals surface area contributed by atoms with Crippen molar-refractivity contribution in [1.82, 2.24) is 10.2 Å². The molecule has 2 rings (SSSR count). The number of nitrogens with zero attached hydrogens (tertiary/aromatic N) is 1. The molecule has 0 bridgehead atoms. The highest BCUT2D eigenvalue weighted by molar-refractivity contribution is 7.99. The zero-order chi connectivity index (χ0) is 17.7. The highest BCUT2D eigenvalue weighted by Crippen LogP contribution is 2.28. The number of carbonyl (C=O) groups excluding carboxylic acids is 2. The Hall–Kier alpha value is -2.02. The maximum absolute atomic E-state index is 12.4. The lowest BCUT2D eigenvalue weighted by Gasteiger charge is -2.24. The lowest BCUT2D eigenvalue weighted by molar-refractivity contribution is -0.143. The highest BCUT2D eigenvalue weighted by atomic mass is 32.2. The number of carboxylic acids is 1. The summed E-state index contributed by atoms with van der Waals surface area (Å²) in [6.45, 7) is 5.06. The fraction of sp³-hybridized carbons (Fsp3) is 0.471. The van der Waals surface area contributed by atoms with E-state index in [9.17, 15) is 19.5 Å². The first-order chi connectivity index (χ1) is 11.4. The van der Waals surface area contributed by atoms with Crippen molar-refractivity contribution in [3.63, 3.8) is 0 Å². The zero-order valence-corrected chi connectivity index (χ0v) is 14.7. The largest absolute Gasteiger partial charge is 0.479 e. The molecule has 0 saturated carbocycles. The normalized spacial score (nSPS) is 19.8. The molecule has 24 heavy (non-hydrogen) atoms. The number of rotatable bonds is 6. The topological polar surface area (TPSA) is 86.7 Å². The summed E-state index contributed by atoms with van der Waals surface area (Å²) < 4.78 is 0. The van der Waals surface area contributed by atoms with Crippen molar-refractivity contribution >= 4 is 29.5 Å². The average Bonchev–Trinajstić information content (AvgIpc) is 3.06. The third kappa shape index (κ3) is 3.72. The fourth-order valence-corrected chi connectivity index (χ4v) is 3.96. The maximum Gasteiger partial charge on any atom is 0.330 e. The van der Waals surface area contributed by atoms with Crippen LogP contribution in [0.1, 0.15) is 41.0 Å². The van der Waals surface area contributed by atoms with Gasteiger partial charge in [0.15, 0.2) is 0 Å². The second-order valence-electron chi connectivity index (χ2n) is 5.70. The summed E-state index contributed by atoms with van der Waals surface area (Å²) in [6.07, 6.45) is 0.414.